The fourth-order valence-electron chi connectivity index (χ4n) is 0.793. The van der Waals surface area contributed by atoms with Crippen molar-refractivity contribution in [1.29, 1.82) is 0 Å². The van der Waals surface area contributed by atoms with E-state index in [1.54, 1.807) is 0 Å². The van der Waals surface area contributed by atoms with Crippen LogP contribution in [0.1, 0.15) is 0 Å². The van der Waals surface area contributed by atoms with Crippen molar-refractivity contribution in [2.24, 2.45) is 0 Å². The van der Waals surface area contributed by atoms with E-state index >= 15 is 0 Å². The summed E-state index contributed by atoms with van der Waals surface area (Å²) in [5, 5.41) is 18.5. The first-order valence-corrected chi connectivity index (χ1v) is 3.91. The van der Waals surface area contributed by atoms with Gasteiger partial charge in [0.15, 0.2) is 0 Å². The molecule has 0 fully saturated rings. The number of nitrogens with zero attached hydrogens (tertiary/aromatic N) is 1. The molecule has 0 bridgehead atoms. The van der Waals surface area contributed by atoms with Gasteiger partial charge in [0.05, 0.1) is 5.69 Å². The summed E-state index contributed by atoms with van der Waals surface area (Å²) in [7, 11) is 0. The van der Waals surface area contributed by atoms with E-state index in [1.165, 1.54) is 24.3 Å². The molecule has 0 aliphatic rings. The molecule has 1 amide bonds. The predicted molar refractivity (Wildman–Crippen MR) is 47.8 cm³/mol. The summed E-state index contributed by atoms with van der Waals surface area (Å²) in [5.74, 6) is -0.790. The molecule has 0 aromatic heterocycles. The zero-order valence-corrected chi connectivity index (χ0v) is 7.40. The molecule has 13 heavy (non-hydrogen) atoms. The number of anilines is 1. The van der Waals surface area contributed by atoms with Crippen molar-refractivity contribution >= 4 is 23.2 Å². The van der Waals surface area contributed by atoms with Gasteiger partial charge in [-0.05, 0) is 24.3 Å². The van der Waals surface area contributed by atoms with Crippen molar-refractivity contribution < 1.29 is 15.1 Å². The van der Waals surface area contributed by atoms with E-state index in [-0.39, 0.29) is 5.69 Å². The molecule has 4 nitrogen and oxygen atoms in total. The lowest BCUT2D eigenvalue weighted by molar-refractivity contribution is -0.126. The van der Waals surface area contributed by atoms with E-state index in [4.69, 9.17) is 21.9 Å². The quantitative estimate of drug-likeness (QED) is 0.556. The smallest absolute Gasteiger partial charge is 0.276 e. The van der Waals surface area contributed by atoms with Gasteiger partial charge >= 0.3 is 0 Å². The van der Waals surface area contributed by atoms with Crippen molar-refractivity contribution in [3.8, 4) is 0 Å². The summed E-state index contributed by atoms with van der Waals surface area (Å²) < 4.78 is 0. The Bertz CT molecular complexity index is 299. The Balaban J connectivity index is 2.83. The van der Waals surface area contributed by atoms with Gasteiger partial charge in [-0.15, -0.1) is 0 Å². The minimum Gasteiger partial charge on any atom is -0.386 e. The van der Waals surface area contributed by atoms with E-state index in [0.29, 0.717) is 10.1 Å². The first-order chi connectivity index (χ1) is 6.15. The van der Waals surface area contributed by atoms with Crippen LogP contribution in [-0.2, 0) is 4.79 Å². The van der Waals surface area contributed by atoms with Crippen LogP contribution in [0.15, 0.2) is 24.3 Å². The standard InChI is InChI=1S/C8H8ClNO3/c9-6-1-3-7(4-2-6)10(13)8(12)5-11/h1-4,11,13H,5H2. The van der Waals surface area contributed by atoms with Gasteiger partial charge in [0.1, 0.15) is 6.61 Å². The minimum atomic E-state index is -0.790. The normalized spacial score (nSPS) is 9.77. The van der Waals surface area contributed by atoms with Crippen LogP contribution in [0.4, 0.5) is 5.69 Å². The third kappa shape index (κ3) is 2.42. The van der Waals surface area contributed by atoms with Crippen LogP contribution in [0.2, 0.25) is 5.02 Å². The second-order valence-corrected chi connectivity index (χ2v) is 2.78. The average Bonchev–Trinajstić information content (AvgIpc) is 2.17. The van der Waals surface area contributed by atoms with Crippen LogP contribution in [-0.4, -0.2) is 22.8 Å². The lowest BCUT2D eigenvalue weighted by Crippen LogP contribution is -2.29. The Kier molecular flexibility index (Phi) is 3.25. The second-order valence-electron chi connectivity index (χ2n) is 2.34. The lowest BCUT2D eigenvalue weighted by Gasteiger charge is -2.12. The largest absolute Gasteiger partial charge is 0.386 e. The van der Waals surface area contributed by atoms with Crippen molar-refractivity contribution in [3.63, 3.8) is 0 Å². The van der Waals surface area contributed by atoms with Gasteiger partial charge in [-0.3, -0.25) is 10.0 Å². The summed E-state index contributed by atoms with van der Waals surface area (Å²) >= 11 is 5.60. The Hall–Kier alpha value is -1.10. The third-order valence-electron chi connectivity index (χ3n) is 1.44. The Morgan fingerprint density at radius 1 is 1.38 bits per heavy atom. The molecule has 0 heterocycles. The number of hydroxylamine groups is 1. The van der Waals surface area contributed by atoms with Gasteiger partial charge in [-0.25, -0.2) is 0 Å². The van der Waals surface area contributed by atoms with Crippen LogP contribution in [0, 0.1) is 0 Å². The third-order valence-corrected chi connectivity index (χ3v) is 1.69. The van der Waals surface area contributed by atoms with E-state index < -0.39 is 12.5 Å². The number of carbonyl (C=O) groups excluding carboxylic acids is 1. The van der Waals surface area contributed by atoms with Gasteiger partial charge < -0.3 is 5.11 Å². The van der Waals surface area contributed by atoms with E-state index in [1.807, 2.05) is 0 Å². The monoisotopic (exact) mass is 201 g/mol. The average molecular weight is 202 g/mol. The van der Waals surface area contributed by atoms with Crippen molar-refractivity contribution in [1.82, 2.24) is 0 Å². The zero-order valence-electron chi connectivity index (χ0n) is 6.64. The zero-order chi connectivity index (χ0) is 9.84. The van der Waals surface area contributed by atoms with Crippen LogP contribution in [0.25, 0.3) is 0 Å². The molecular formula is C8H8ClNO3. The molecule has 5 heteroatoms. The molecule has 0 atom stereocenters. The van der Waals surface area contributed by atoms with Crippen molar-refractivity contribution in [2.45, 2.75) is 0 Å². The van der Waals surface area contributed by atoms with Gasteiger partial charge in [0.25, 0.3) is 5.91 Å². The molecule has 0 aliphatic heterocycles. The molecule has 1 aromatic carbocycles. The van der Waals surface area contributed by atoms with Gasteiger partial charge in [0, 0.05) is 5.02 Å². The number of benzene rings is 1. The molecule has 0 radical (unpaired) electrons. The number of hydrogen-bond donors (Lipinski definition) is 2. The van der Waals surface area contributed by atoms with Crippen LogP contribution >= 0.6 is 11.6 Å². The molecule has 0 aliphatic carbocycles. The van der Waals surface area contributed by atoms with Gasteiger partial charge in [0.2, 0.25) is 0 Å². The maximum absolute atomic E-state index is 10.8. The van der Waals surface area contributed by atoms with E-state index in [0.717, 1.165) is 0 Å². The highest BCUT2D eigenvalue weighted by molar-refractivity contribution is 6.30. The molecule has 1 aromatic rings. The number of aliphatic hydroxyl groups excluding tert-OH is 1. The SMILES string of the molecule is O=C(CO)N(O)c1ccc(Cl)cc1. The summed E-state index contributed by atoms with van der Waals surface area (Å²) in [6, 6.07) is 6.00. The minimum absolute atomic E-state index is 0.267. The highest BCUT2D eigenvalue weighted by atomic mass is 35.5. The fourth-order valence-corrected chi connectivity index (χ4v) is 0.919. The van der Waals surface area contributed by atoms with E-state index in [2.05, 4.69) is 0 Å². The summed E-state index contributed by atoms with van der Waals surface area (Å²) in [6.07, 6.45) is 0. The molecule has 1 rings (SSSR count). The first kappa shape index (κ1) is 9.98. The second kappa shape index (κ2) is 4.23. The van der Waals surface area contributed by atoms with Crippen LogP contribution in [0.3, 0.4) is 0 Å². The molecule has 0 saturated carbocycles. The fraction of sp³-hybridized carbons (Fsp3) is 0.125. The highest BCUT2D eigenvalue weighted by Gasteiger charge is 2.10. The van der Waals surface area contributed by atoms with E-state index in [9.17, 15) is 4.79 Å². The number of carbonyl (C=O) groups is 1. The molecule has 2 N–H and O–H groups in total. The van der Waals surface area contributed by atoms with Gasteiger partial charge in [-0.1, -0.05) is 11.6 Å². The van der Waals surface area contributed by atoms with Crippen LogP contribution in [0.5, 0.6) is 0 Å². The lowest BCUT2D eigenvalue weighted by atomic mass is 10.3. The molecule has 70 valence electrons. The van der Waals surface area contributed by atoms with Crippen molar-refractivity contribution in [3.05, 3.63) is 29.3 Å². The number of aliphatic hydroxyl groups is 1. The molecular weight excluding hydrogens is 194 g/mol. The number of halogens is 1. The number of rotatable bonds is 2. The molecule has 0 spiro atoms. The van der Waals surface area contributed by atoms with Crippen molar-refractivity contribution in [2.75, 3.05) is 11.7 Å². The molecule has 0 saturated heterocycles. The summed E-state index contributed by atoms with van der Waals surface area (Å²) in [4.78, 5) is 10.8. The Morgan fingerprint density at radius 3 is 2.38 bits per heavy atom. The molecule has 0 unspecified atom stereocenters. The topological polar surface area (TPSA) is 60.8 Å². The van der Waals surface area contributed by atoms with Gasteiger partial charge in [-0.2, -0.15) is 5.06 Å². The predicted octanol–water partition coefficient (Wildman–Crippen LogP) is 1.05. The highest BCUT2D eigenvalue weighted by Crippen LogP contribution is 2.16. The number of amides is 1. The maximum Gasteiger partial charge on any atom is 0.276 e. The Labute approximate surface area is 79.9 Å². The Morgan fingerprint density at radius 2 is 1.92 bits per heavy atom. The first-order valence-electron chi connectivity index (χ1n) is 3.53. The number of hydrogen-bond acceptors (Lipinski definition) is 3. The maximum atomic E-state index is 10.8. The summed E-state index contributed by atoms with van der Waals surface area (Å²) in [6.45, 7) is -0.737. The van der Waals surface area contributed by atoms with Crippen LogP contribution < -0.4 is 5.06 Å². The summed E-state index contributed by atoms with van der Waals surface area (Å²) in [5.41, 5.74) is 0.267.